The van der Waals surface area contributed by atoms with E-state index in [0.29, 0.717) is 0 Å². The van der Waals surface area contributed by atoms with Crippen LogP contribution in [0.4, 0.5) is 11.4 Å². The van der Waals surface area contributed by atoms with Gasteiger partial charge in [-0.2, -0.15) is 0 Å². The molecule has 0 bridgehead atoms. The van der Waals surface area contributed by atoms with Crippen LogP contribution in [0.2, 0.25) is 0 Å². The van der Waals surface area contributed by atoms with Gasteiger partial charge in [0.25, 0.3) is 0 Å². The first-order valence-electron chi connectivity index (χ1n) is 21.2. The molecule has 3 aromatic heterocycles. The van der Waals surface area contributed by atoms with E-state index in [-0.39, 0.29) is 17.7 Å². The number of hydrogen-bond acceptors (Lipinski definition) is 3. The number of para-hydroxylation sites is 1. The lowest BCUT2D eigenvalue weighted by atomic mass is 9.43. The lowest BCUT2D eigenvalue weighted by Crippen LogP contribution is -2.60. The molecule has 0 fully saturated rings. The second kappa shape index (κ2) is 11.0. The molecular weight excluding hydrogens is 747 g/mol. The molecule has 0 amide bonds. The summed E-state index contributed by atoms with van der Waals surface area (Å²) in [4.78, 5) is 2.69. The fourth-order valence-corrected chi connectivity index (χ4v) is 12.6. The molecule has 5 heterocycles. The van der Waals surface area contributed by atoms with Gasteiger partial charge in [-0.3, -0.25) is 0 Å². The Labute approximate surface area is 352 Å². The van der Waals surface area contributed by atoms with Crippen LogP contribution in [-0.4, -0.2) is 11.4 Å². The van der Waals surface area contributed by atoms with Crippen molar-refractivity contribution in [2.75, 3.05) is 4.81 Å². The van der Waals surface area contributed by atoms with Crippen LogP contribution in [0.15, 0.2) is 150 Å². The molecule has 60 heavy (non-hydrogen) atoms. The quantitative estimate of drug-likeness (QED) is 0.155. The first-order valence-corrected chi connectivity index (χ1v) is 22.0. The van der Waals surface area contributed by atoms with Crippen molar-refractivity contribution in [3.05, 3.63) is 162 Å². The van der Waals surface area contributed by atoms with Crippen LogP contribution >= 0.6 is 11.3 Å². The first kappa shape index (κ1) is 33.3. The van der Waals surface area contributed by atoms with Gasteiger partial charge in [0.1, 0.15) is 11.2 Å². The molecular formula is C55H39BN2OS. The Kier molecular flexibility index (Phi) is 6.09. The van der Waals surface area contributed by atoms with Crippen molar-refractivity contribution in [2.45, 2.75) is 45.4 Å². The number of aromatic nitrogens is 1. The van der Waals surface area contributed by atoms with E-state index in [0.717, 1.165) is 21.9 Å². The van der Waals surface area contributed by atoms with Crippen molar-refractivity contribution in [3.63, 3.8) is 0 Å². The lowest BCUT2D eigenvalue weighted by molar-refractivity contribution is 0.590. The van der Waals surface area contributed by atoms with Crippen LogP contribution < -0.4 is 15.7 Å². The van der Waals surface area contributed by atoms with Gasteiger partial charge in [-0.25, -0.2) is 0 Å². The van der Waals surface area contributed by atoms with Crippen LogP contribution in [0.1, 0.15) is 51.3 Å². The molecule has 1 aliphatic carbocycles. The highest BCUT2D eigenvalue weighted by atomic mass is 32.1. The Morgan fingerprint density at radius 1 is 0.583 bits per heavy atom. The predicted molar refractivity (Wildman–Crippen MR) is 256 cm³/mol. The van der Waals surface area contributed by atoms with Crippen molar-refractivity contribution in [2.24, 2.45) is 0 Å². The summed E-state index contributed by atoms with van der Waals surface area (Å²) in [5.41, 5.74) is 20.0. The normalized spacial score (nSPS) is 14.8. The molecule has 284 valence electrons. The minimum absolute atomic E-state index is 0.0435. The van der Waals surface area contributed by atoms with Crippen LogP contribution in [0.3, 0.4) is 0 Å². The molecule has 2 aliphatic heterocycles. The Balaban J connectivity index is 1.17. The molecule has 0 saturated carbocycles. The highest BCUT2D eigenvalue weighted by Crippen LogP contribution is 2.53. The summed E-state index contributed by atoms with van der Waals surface area (Å²) in [6.07, 6.45) is 0. The highest BCUT2D eigenvalue weighted by Gasteiger charge is 2.46. The van der Waals surface area contributed by atoms with E-state index in [1.807, 2.05) is 11.3 Å². The molecule has 3 nitrogen and oxygen atoms in total. The number of furan rings is 1. The molecule has 0 spiro atoms. The average Bonchev–Trinajstić information content (AvgIpc) is 3.98. The molecule has 5 heteroatoms. The second-order valence-corrected chi connectivity index (χ2v) is 19.9. The maximum absolute atomic E-state index is 6.87. The maximum Gasteiger partial charge on any atom is 0.333 e. The molecule has 0 atom stereocenters. The fourth-order valence-electron chi connectivity index (χ4n) is 11.5. The van der Waals surface area contributed by atoms with Crippen LogP contribution in [-0.2, 0) is 10.8 Å². The first-order chi connectivity index (χ1) is 29.1. The van der Waals surface area contributed by atoms with Gasteiger partial charge in [0.15, 0.2) is 0 Å². The van der Waals surface area contributed by atoms with Gasteiger partial charge in [-0.15, -0.1) is 11.3 Å². The number of rotatable bonds is 1. The summed E-state index contributed by atoms with van der Waals surface area (Å²) in [5, 5.41) is 7.37. The van der Waals surface area contributed by atoms with Crippen molar-refractivity contribution in [1.82, 2.24) is 4.57 Å². The van der Waals surface area contributed by atoms with Crippen molar-refractivity contribution >= 4 is 104 Å². The zero-order chi connectivity index (χ0) is 40.0. The molecule has 14 rings (SSSR count). The molecule has 0 radical (unpaired) electrons. The maximum atomic E-state index is 6.87. The van der Waals surface area contributed by atoms with Crippen LogP contribution in [0.25, 0.3) is 91.9 Å². The van der Waals surface area contributed by atoms with Gasteiger partial charge >= 0.3 is 6.85 Å². The Hall–Kier alpha value is -6.56. The third-order valence-electron chi connectivity index (χ3n) is 14.3. The van der Waals surface area contributed by atoms with E-state index in [2.05, 4.69) is 190 Å². The summed E-state index contributed by atoms with van der Waals surface area (Å²) in [6, 6.07) is 55.4. The van der Waals surface area contributed by atoms with Crippen LogP contribution in [0.5, 0.6) is 0 Å². The molecule has 3 aliphatic rings. The van der Waals surface area contributed by atoms with Crippen molar-refractivity contribution < 1.29 is 4.42 Å². The smallest absolute Gasteiger partial charge is 0.333 e. The van der Waals surface area contributed by atoms with Gasteiger partial charge in [0, 0.05) is 64.4 Å². The standard InChI is InChI=1S/C55H39BN2OS/c1-54(2,3)30-18-20-31(21-19-30)58-45-29-49-40(34-14-8-11-17-48(34)60-49)26-39(45)35-22-23-37-50-44(25-24-36-33-13-7-10-16-47(33)59-53(36)50)57-46-27-38-32-12-6-9-15-41(32)55(4,5)42(38)28-43(46)56(58)51(35)52(37)57/h6-29H,1-5H3. The van der Waals surface area contributed by atoms with E-state index < -0.39 is 0 Å². The SMILES string of the molecule is CC(C)(C)c1ccc(N2B3c4cc5c(cc4-n4c6ccc7c8ccccc8oc7c6c6ccc(c3c64)-c3cc4c(cc32)sc2ccccc24)-c2ccccc2C5(C)C)cc1. The van der Waals surface area contributed by atoms with Gasteiger partial charge < -0.3 is 13.8 Å². The number of hydrogen-bond donors (Lipinski definition) is 0. The molecule has 8 aromatic carbocycles. The number of fused-ring (bicyclic) bond motifs is 18. The van der Waals surface area contributed by atoms with E-state index in [4.69, 9.17) is 4.42 Å². The van der Waals surface area contributed by atoms with E-state index in [9.17, 15) is 0 Å². The number of thiophene rings is 1. The Bertz CT molecular complexity index is 3740. The van der Waals surface area contributed by atoms with E-state index in [1.54, 1.807) is 0 Å². The number of nitrogens with zero attached hydrogens (tertiary/aromatic N) is 2. The largest absolute Gasteiger partial charge is 0.455 e. The van der Waals surface area contributed by atoms with E-state index in [1.165, 1.54) is 109 Å². The topological polar surface area (TPSA) is 21.3 Å². The zero-order valence-electron chi connectivity index (χ0n) is 34.1. The number of anilines is 2. The average molecular weight is 787 g/mol. The lowest BCUT2D eigenvalue weighted by Gasteiger charge is -2.42. The minimum Gasteiger partial charge on any atom is -0.455 e. The monoisotopic (exact) mass is 786 g/mol. The molecule has 0 saturated heterocycles. The third-order valence-corrected chi connectivity index (χ3v) is 15.5. The number of benzene rings is 8. The highest BCUT2D eigenvalue weighted by molar-refractivity contribution is 7.25. The minimum atomic E-state index is -0.149. The Morgan fingerprint density at radius 3 is 2.20 bits per heavy atom. The molecule has 0 unspecified atom stereocenters. The van der Waals surface area contributed by atoms with Crippen molar-refractivity contribution in [3.8, 4) is 27.9 Å². The molecule has 0 N–H and O–H groups in total. The van der Waals surface area contributed by atoms with E-state index >= 15 is 0 Å². The van der Waals surface area contributed by atoms with Crippen LogP contribution in [0, 0.1) is 0 Å². The Morgan fingerprint density at radius 2 is 1.35 bits per heavy atom. The zero-order valence-corrected chi connectivity index (χ0v) is 35.0. The third kappa shape index (κ3) is 4.02. The fraction of sp³-hybridized carbons (Fsp3) is 0.127. The summed E-state index contributed by atoms with van der Waals surface area (Å²) in [7, 11) is 0. The summed E-state index contributed by atoms with van der Waals surface area (Å²) in [6.45, 7) is 11.7. The summed E-state index contributed by atoms with van der Waals surface area (Å²) in [5.74, 6) is 0. The van der Waals surface area contributed by atoms with Gasteiger partial charge in [0.2, 0.25) is 0 Å². The van der Waals surface area contributed by atoms with Gasteiger partial charge in [-0.05, 0) is 104 Å². The second-order valence-electron chi connectivity index (χ2n) is 18.9. The summed E-state index contributed by atoms with van der Waals surface area (Å²) >= 11 is 1.90. The van der Waals surface area contributed by atoms with Gasteiger partial charge in [0.05, 0.1) is 16.4 Å². The van der Waals surface area contributed by atoms with Gasteiger partial charge in [-0.1, -0.05) is 126 Å². The predicted octanol–water partition coefficient (Wildman–Crippen LogP) is 13.9. The van der Waals surface area contributed by atoms with Crippen molar-refractivity contribution in [1.29, 1.82) is 0 Å². The molecule has 11 aromatic rings. The summed E-state index contributed by atoms with van der Waals surface area (Å²) < 4.78 is 12.1.